The third kappa shape index (κ3) is 26.9. The Labute approximate surface area is 349 Å². The summed E-state index contributed by atoms with van der Waals surface area (Å²) in [6.07, 6.45) is 17.0. The summed E-state index contributed by atoms with van der Waals surface area (Å²) in [6, 6.07) is 27.1. The first kappa shape index (κ1) is 52.2. The molecule has 0 saturated heterocycles. The molecule has 0 unspecified atom stereocenters. The lowest BCUT2D eigenvalue weighted by molar-refractivity contribution is -0.910. The highest BCUT2D eigenvalue weighted by Crippen LogP contribution is 2.11. The number of pyridine rings is 3. The standard InChI is InChI=1S/3C8H12NO.2C7H10N2.C6H6.C4H10/c1-7(2)8-3-5-9(10)6-4-8;1-7(2)8-4-3-5-9(10)6-8;1-7(2)8-5-3-4-6-9(8)10;1-6(2)7-3-8-5-9-4-7;1-6(2)7-8-4-3-5-9-7;1-2-4-6-5-3-1;1-4(2)3/h3*3-7,10H,1-2H3;2*3-6H,1-2H3;1-6H;4H,1-3H3/q3*+1;;;;. The van der Waals surface area contributed by atoms with Gasteiger partial charge in [0.25, 0.3) is 0 Å². The first-order valence-electron chi connectivity index (χ1n) is 20.1. The number of hydrogen-bond acceptors (Lipinski definition) is 7. The monoisotopic (exact) mass is 795 g/mol. The lowest BCUT2D eigenvalue weighted by Crippen LogP contribution is -2.34. The van der Waals surface area contributed by atoms with Crippen LogP contribution < -0.4 is 14.2 Å². The van der Waals surface area contributed by atoms with Crippen LogP contribution in [0.15, 0.2) is 147 Å². The molecule has 0 bridgehead atoms. The van der Waals surface area contributed by atoms with Crippen LogP contribution >= 0.6 is 0 Å². The molecule has 5 heterocycles. The minimum Gasteiger partial charge on any atom is -0.285 e. The molecular weight excluding hydrogens is 723 g/mol. The predicted octanol–water partition coefficient (Wildman–Crippen LogP) is 10.6. The zero-order chi connectivity index (χ0) is 43.9. The Morgan fingerprint density at radius 3 is 1.24 bits per heavy atom. The Balaban J connectivity index is 0.000000663. The van der Waals surface area contributed by atoms with Crippen molar-refractivity contribution in [3.63, 3.8) is 0 Å². The van der Waals surface area contributed by atoms with Crippen LogP contribution in [0, 0.1) is 5.92 Å². The van der Waals surface area contributed by atoms with Crippen molar-refractivity contribution < 1.29 is 29.8 Å². The topological polar surface area (TPSA) is 124 Å². The van der Waals surface area contributed by atoms with Crippen molar-refractivity contribution in [1.82, 2.24) is 19.9 Å². The van der Waals surface area contributed by atoms with Gasteiger partial charge in [-0.15, -0.1) is 0 Å². The number of benzene rings is 1. The average molecular weight is 795 g/mol. The van der Waals surface area contributed by atoms with E-state index in [0.29, 0.717) is 29.6 Å². The van der Waals surface area contributed by atoms with Crippen molar-refractivity contribution >= 4 is 0 Å². The molecule has 0 atom stereocenters. The minimum absolute atomic E-state index is 0.367. The van der Waals surface area contributed by atoms with Gasteiger partial charge in [0.1, 0.15) is 12.2 Å². The van der Waals surface area contributed by atoms with E-state index in [1.165, 1.54) is 11.1 Å². The molecule has 0 radical (unpaired) electrons. The van der Waals surface area contributed by atoms with E-state index in [0.717, 1.165) is 37.2 Å². The molecule has 0 aliphatic carbocycles. The summed E-state index contributed by atoms with van der Waals surface area (Å²) in [5, 5.41) is 27.0. The maximum atomic E-state index is 9.20. The van der Waals surface area contributed by atoms with Crippen LogP contribution in [0.2, 0.25) is 0 Å². The van der Waals surface area contributed by atoms with Crippen molar-refractivity contribution in [3.8, 4) is 0 Å². The molecule has 0 aliphatic heterocycles. The Morgan fingerprint density at radius 2 is 0.914 bits per heavy atom. The minimum atomic E-state index is 0.367. The van der Waals surface area contributed by atoms with Crippen LogP contribution in [-0.4, -0.2) is 35.6 Å². The second-order valence-electron chi connectivity index (χ2n) is 15.4. The molecule has 5 aromatic heterocycles. The van der Waals surface area contributed by atoms with E-state index < -0.39 is 0 Å². The van der Waals surface area contributed by atoms with Gasteiger partial charge >= 0.3 is 0 Å². The quantitative estimate of drug-likeness (QED) is 0.117. The summed E-state index contributed by atoms with van der Waals surface area (Å²) in [7, 11) is 0. The molecular formula is C48H72N7O3+3. The van der Waals surface area contributed by atoms with E-state index in [4.69, 9.17) is 10.4 Å². The van der Waals surface area contributed by atoms with Gasteiger partial charge in [0.2, 0.25) is 36.7 Å². The van der Waals surface area contributed by atoms with Gasteiger partial charge in [-0.2, -0.15) is 0 Å². The zero-order valence-electron chi connectivity index (χ0n) is 37.3. The number of aromatic nitrogens is 7. The van der Waals surface area contributed by atoms with Gasteiger partial charge in [-0.05, 0) is 53.0 Å². The van der Waals surface area contributed by atoms with E-state index in [1.54, 1.807) is 55.8 Å². The molecule has 1 aromatic carbocycles. The van der Waals surface area contributed by atoms with Gasteiger partial charge in [-0.25, -0.2) is 19.9 Å². The molecule has 6 aromatic rings. The molecule has 10 nitrogen and oxygen atoms in total. The van der Waals surface area contributed by atoms with Crippen LogP contribution in [-0.2, 0) is 0 Å². The van der Waals surface area contributed by atoms with E-state index >= 15 is 0 Å². The summed E-state index contributed by atoms with van der Waals surface area (Å²) < 4.78 is 3.28. The molecule has 6 rings (SSSR count). The van der Waals surface area contributed by atoms with Crippen molar-refractivity contribution in [2.75, 3.05) is 0 Å². The van der Waals surface area contributed by atoms with Crippen LogP contribution in [0.5, 0.6) is 0 Å². The normalized spacial score (nSPS) is 9.91. The molecule has 0 fully saturated rings. The molecule has 0 saturated carbocycles. The van der Waals surface area contributed by atoms with Crippen molar-refractivity contribution in [2.45, 2.75) is 120 Å². The fourth-order valence-electron chi connectivity index (χ4n) is 4.14. The Hall–Kier alpha value is -5.77. The Kier molecular flexibility index (Phi) is 28.2. The van der Waals surface area contributed by atoms with Crippen molar-refractivity contribution in [1.29, 1.82) is 0 Å². The zero-order valence-corrected chi connectivity index (χ0v) is 37.3. The van der Waals surface area contributed by atoms with E-state index in [9.17, 15) is 5.21 Å². The van der Waals surface area contributed by atoms with Gasteiger partial charge in [0.05, 0.1) is 0 Å². The predicted molar refractivity (Wildman–Crippen MR) is 233 cm³/mol. The van der Waals surface area contributed by atoms with Gasteiger partial charge in [0, 0.05) is 86.7 Å². The number of nitrogens with zero attached hydrogens (tertiary/aromatic N) is 7. The highest BCUT2D eigenvalue weighted by molar-refractivity contribution is 5.11. The second kappa shape index (κ2) is 31.3. The summed E-state index contributed by atoms with van der Waals surface area (Å²) in [6.45, 7) is 27.4. The van der Waals surface area contributed by atoms with Gasteiger partial charge in [-0.3, -0.25) is 15.6 Å². The third-order valence-electron chi connectivity index (χ3n) is 7.46. The van der Waals surface area contributed by atoms with Crippen molar-refractivity contribution in [2.24, 2.45) is 5.92 Å². The molecule has 0 spiro atoms. The molecule has 314 valence electrons. The van der Waals surface area contributed by atoms with Crippen LogP contribution in [0.4, 0.5) is 0 Å². The highest BCUT2D eigenvalue weighted by Gasteiger charge is 2.11. The number of hydrogen-bond donors (Lipinski definition) is 3. The summed E-state index contributed by atoms with van der Waals surface area (Å²) in [4.78, 5) is 15.9. The van der Waals surface area contributed by atoms with Gasteiger partial charge < -0.3 is 0 Å². The lowest BCUT2D eigenvalue weighted by Gasteiger charge is -1.99. The van der Waals surface area contributed by atoms with Crippen LogP contribution in [0.25, 0.3) is 0 Å². The van der Waals surface area contributed by atoms with E-state index in [2.05, 4.69) is 96.1 Å². The molecule has 0 amide bonds. The Morgan fingerprint density at radius 1 is 0.431 bits per heavy atom. The molecule has 10 heteroatoms. The summed E-state index contributed by atoms with van der Waals surface area (Å²) in [5.74, 6) is 4.09. The maximum absolute atomic E-state index is 9.20. The van der Waals surface area contributed by atoms with E-state index in [1.807, 2.05) is 105 Å². The van der Waals surface area contributed by atoms with Crippen molar-refractivity contribution in [3.05, 3.63) is 175 Å². The molecule has 58 heavy (non-hydrogen) atoms. The summed E-state index contributed by atoms with van der Waals surface area (Å²) >= 11 is 0. The first-order valence-corrected chi connectivity index (χ1v) is 20.1. The fourth-order valence-corrected chi connectivity index (χ4v) is 4.14. The third-order valence-corrected chi connectivity index (χ3v) is 7.46. The summed E-state index contributed by atoms with van der Waals surface area (Å²) in [5.41, 5.74) is 4.51. The largest absolute Gasteiger partial charge is 0.285 e. The van der Waals surface area contributed by atoms with Crippen LogP contribution in [0.1, 0.15) is 148 Å². The highest BCUT2D eigenvalue weighted by atomic mass is 16.5. The smallest absolute Gasteiger partial charge is 0.236 e. The lowest BCUT2D eigenvalue weighted by atomic mass is 10.1. The SMILES string of the molecule is CC(C)C.CC(C)c1cc[n+](O)cc1.CC(C)c1ccc[n+](O)c1.CC(C)c1cccc[n+]1O.CC(C)c1cncnc1.CC(C)c1ncccn1.c1ccccc1. The van der Waals surface area contributed by atoms with E-state index in [-0.39, 0.29) is 0 Å². The molecule has 3 N–H and O–H groups in total. The van der Waals surface area contributed by atoms with Crippen LogP contribution in [0.3, 0.4) is 0 Å². The first-order chi connectivity index (χ1) is 27.5. The van der Waals surface area contributed by atoms with Gasteiger partial charge in [-0.1, -0.05) is 126 Å². The Bertz CT molecular complexity index is 1750. The number of rotatable bonds is 5. The molecule has 0 aliphatic rings. The second-order valence-corrected chi connectivity index (χ2v) is 15.4. The fraction of sp³-hybridized carbons (Fsp3) is 0.396. The average Bonchev–Trinajstić information content (AvgIpc) is 3.20. The van der Waals surface area contributed by atoms with Gasteiger partial charge in [0.15, 0.2) is 0 Å². The maximum Gasteiger partial charge on any atom is 0.236 e.